The van der Waals surface area contributed by atoms with Crippen molar-refractivity contribution in [1.82, 2.24) is 4.98 Å². The van der Waals surface area contributed by atoms with E-state index in [1.165, 1.54) is 0 Å². The van der Waals surface area contributed by atoms with Crippen molar-refractivity contribution >= 4 is 10.1 Å². The Hall–Kier alpha value is -1.15. The van der Waals surface area contributed by atoms with E-state index in [0.29, 0.717) is 6.42 Å². The standard InChI is InChI=1S/C8H15F3O3S.C5H5N/c1-2-3-4-5-6-7(9)8(10,11)15(12,13)14;1-2-4-6-5-3-1/h7H,2-6H2,1H3,(H,12,13,14);1-5H. The van der Waals surface area contributed by atoms with E-state index >= 15 is 0 Å². The second-order valence-corrected chi connectivity index (χ2v) is 5.87. The van der Waals surface area contributed by atoms with E-state index in [1.807, 2.05) is 25.1 Å². The highest BCUT2D eigenvalue weighted by atomic mass is 32.2. The van der Waals surface area contributed by atoms with E-state index in [9.17, 15) is 21.6 Å². The van der Waals surface area contributed by atoms with Crippen molar-refractivity contribution in [1.29, 1.82) is 0 Å². The zero-order valence-electron chi connectivity index (χ0n) is 11.8. The number of aromatic nitrogens is 1. The first-order valence-electron chi connectivity index (χ1n) is 6.57. The maximum absolute atomic E-state index is 12.8. The molecule has 8 heteroatoms. The third-order valence-corrected chi connectivity index (χ3v) is 3.53. The largest absolute Gasteiger partial charge is 0.400 e. The summed E-state index contributed by atoms with van der Waals surface area (Å²) in [4.78, 5) is 3.78. The van der Waals surface area contributed by atoms with Gasteiger partial charge in [0.1, 0.15) is 0 Å². The van der Waals surface area contributed by atoms with Gasteiger partial charge < -0.3 is 0 Å². The van der Waals surface area contributed by atoms with Crippen LogP contribution in [0.2, 0.25) is 0 Å². The van der Waals surface area contributed by atoms with Gasteiger partial charge in [0.05, 0.1) is 0 Å². The minimum Gasteiger partial charge on any atom is -0.281 e. The van der Waals surface area contributed by atoms with Gasteiger partial charge in [-0.3, -0.25) is 9.54 Å². The Balaban J connectivity index is 0.000000547. The third-order valence-electron chi connectivity index (χ3n) is 2.59. The van der Waals surface area contributed by atoms with Crippen LogP contribution in [0.15, 0.2) is 30.6 Å². The summed E-state index contributed by atoms with van der Waals surface area (Å²) in [6.45, 7) is 1.90. The Morgan fingerprint density at radius 1 is 1.14 bits per heavy atom. The maximum Gasteiger partial charge on any atom is 0.400 e. The van der Waals surface area contributed by atoms with Crippen LogP contribution in [0.5, 0.6) is 0 Å². The lowest BCUT2D eigenvalue weighted by molar-refractivity contribution is -0.00707. The van der Waals surface area contributed by atoms with Gasteiger partial charge in [-0.05, 0) is 18.6 Å². The van der Waals surface area contributed by atoms with Crippen molar-refractivity contribution in [3.8, 4) is 0 Å². The fourth-order valence-electron chi connectivity index (χ4n) is 1.39. The van der Waals surface area contributed by atoms with Crippen molar-refractivity contribution < 1.29 is 26.1 Å². The molecule has 122 valence electrons. The molecule has 0 aliphatic rings. The van der Waals surface area contributed by atoms with Gasteiger partial charge >= 0.3 is 15.4 Å². The lowest BCUT2D eigenvalue weighted by Gasteiger charge is -2.17. The summed E-state index contributed by atoms with van der Waals surface area (Å²) in [6, 6.07) is 5.72. The highest BCUT2D eigenvalue weighted by Gasteiger charge is 2.52. The van der Waals surface area contributed by atoms with E-state index in [2.05, 4.69) is 4.98 Å². The van der Waals surface area contributed by atoms with E-state index in [-0.39, 0.29) is 6.42 Å². The first-order chi connectivity index (χ1) is 9.73. The van der Waals surface area contributed by atoms with Gasteiger partial charge in [-0.25, -0.2) is 4.39 Å². The quantitative estimate of drug-likeness (QED) is 0.610. The van der Waals surface area contributed by atoms with Crippen LogP contribution in [0.1, 0.15) is 39.0 Å². The molecule has 1 N–H and O–H groups in total. The number of rotatable bonds is 7. The minimum absolute atomic E-state index is 0.181. The van der Waals surface area contributed by atoms with Gasteiger partial charge in [0.2, 0.25) is 0 Å². The smallest absolute Gasteiger partial charge is 0.281 e. The van der Waals surface area contributed by atoms with Crippen molar-refractivity contribution in [3.05, 3.63) is 30.6 Å². The first kappa shape index (κ1) is 19.9. The summed E-state index contributed by atoms with van der Waals surface area (Å²) >= 11 is 0. The highest BCUT2D eigenvalue weighted by molar-refractivity contribution is 7.86. The molecule has 0 aliphatic carbocycles. The summed E-state index contributed by atoms with van der Waals surface area (Å²) in [5, 5.41) is -4.70. The molecule has 1 aromatic rings. The van der Waals surface area contributed by atoms with Gasteiger partial charge in [-0.1, -0.05) is 38.7 Å². The van der Waals surface area contributed by atoms with E-state index in [0.717, 1.165) is 12.8 Å². The van der Waals surface area contributed by atoms with Crippen LogP contribution in [0, 0.1) is 0 Å². The SMILES string of the molecule is CCCCCCC(F)C(F)(F)S(=O)(=O)O.c1ccncc1. The summed E-state index contributed by atoms with van der Waals surface area (Å²) < 4.78 is 66.5. The number of unbranched alkanes of at least 4 members (excludes halogenated alkanes) is 3. The van der Waals surface area contributed by atoms with Crippen LogP contribution in [-0.4, -0.2) is 29.4 Å². The average Bonchev–Trinajstić information content (AvgIpc) is 2.44. The molecule has 1 aromatic heterocycles. The zero-order chi connectivity index (χ0) is 16.4. The fraction of sp³-hybridized carbons (Fsp3) is 0.615. The number of alkyl halides is 3. The Labute approximate surface area is 123 Å². The van der Waals surface area contributed by atoms with Crippen LogP contribution in [0.25, 0.3) is 0 Å². The highest BCUT2D eigenvalue weighted by Crippen LogP contribution is 2.30. The number of hydrogen-bond acceptors (Lipinski definition) is 3. The molecule has 0 radical (unpaired) electrons. The first-order valence-corrected chi connectivity index (χ1v) is 8.01. The normalized spacial score (nSPS) is 13.2. The predicted octanol–water partition coefficient (Wildman–Crippen LogP) is 3.86. The molecule has 0 bridgehead atoms. The van der Waals surface area contributed by atoms with Crippen molar-refractivity contribution in [3.63, 3.8) is 0 Å². The second kappa shape index (κ2) is 9.73. The van der Waals surface area contributed by atoms with Gasteiger partial charge in [0.25, 0.3) is 0 Å². The van der Waals surface area contributed by atoms with Crippen molar-refractivity contribution in [2.75, 3.05) is 0 Å². The lowest BCUT2D eigenvalue weighted by Crippen LogP contribution is -2.38. The molecular formula is C13H20F3NO3S. The lowest BCUT2D eigenvalue weighted by atomic mass is 10.1. The molecular weight excluding hydrogens is 307 g/mol. The van der Waals surface area contributed by atoms with Crippen LogP contribution < -0.4 is 0 Å². The molecule has 0 aromatic carbocycles. The summed E-state index contributed by atoms with van der Waals surface area (Å²) in [5.41, 5.74) is 0. The third kappa shape index (κ3) is 8.01. The number of hydrogen-bond donors (Lipinski definition) is 1. The van der Waals surface area contributed by atoms with E-state index in [1.54, 1.807) is 12.4 Å². The number of nitrogens with zero attached hydrogens (tertiary/aromatic N) is 1. The Bertz CT molecular complexity index is 442. The van der Waals surface area contributed by atoms with Gasteiger partial charge in [-0.2, -0.15) is 17.2 Å². The Morgan fingerprint density at radius 3 is 2.05 bits per heavy atom. The second-order valence-electron chi connectivity index (χ2n) is 4.38. The summed E-state index contributed by atoms with van der Waals surface area (Å²) in [6.07, 6.45) is 2.49. The van der Waals surface area contributed by atoms with Crippen LogP contribution in [0.3, 0.4) is 0 Å². The summed E-state index contributed by atoms with van der Waals surface area (Å²) in [5.74, 6) is 0. The fourth-order valence-corrected chi connectivity index (χ4v) is 1.83. The predicted molar refractivity (Wildman–Crippen MR) is 74.4 cm³/mol. The molecule has 0 amide bonds. The molecule has 0 saturated carbocycles. The Kier molecular flexibility index (Phi) is 9.19. The van der Waals surface area contributed by atoms with E-state index in [4.69, 9.17) is 4.55 Å². The molecule has 4 nitrogen and oxygen atoms in total. The van der Waals surface area contributed by atoms with Crippen molar-refractivity contribution in [2.45, 2.75) is 50.5 Å². The van der Waals surface area contributed by atoms with Crippen molar-refractivity contribution in [2.24, 2.45) is 0 Å². The summed E-state index contributed by atoms with van der Waals surface area (Å²) in [7, 11) is -5.65. The van der Waals surface area contributed by atoms with Crippen LogP contribution in [0.4, 0.5) is 13.2 Å². The zero-order valence-corrected chi connectivity index (χ0v) is 12.6. The molecule has 1 heterocycles. The topological polar surface area (TPSA) is 67.3 Å². The Morgan fingerprint density at radius 2 is 1.71 bits per heavy atom. The molecule has 0 aliphatic heterocycles. The minimum atomic E-state index is -5.65. The van der Waals surface area contributed by atoms with Gasteiger partial charge in [-0.15, -0.1) is 0 Å². The maximum atomic E-state index is 12.8. The molecule has 0 spiro atoms. The van der Waals surface area contributed by atoms with Crippen LogP contribution in [-0.2, 0) is 10.1 Å². The molecule has 0 fully saturated rings. The average molecular weight is 327 g/mol. The molecule has 21 heavy (non-hydrogen) atoms. The van der Waals surface area contributed by atoms with E-state index < -0.39 is 28.0 Å². The molecule has 1 rings (SSSR count). The molecule has 1 atom stereocenters. The molecule has 1 unspecified atom stereocenters. The monoisotopic (exact) mass is 327 g/mol. The molecule has 0 saturated heterocycles. The number of pyridine rings is 1. The number of halogens is 3. The van der Waals surface area contributed by atoms with Crippen LogP contribution >= 0.6 is 0 Å². The van der Waals surface area contributed by atoms with Gasteiger partial charge in [0, 0.05) is 12.4 Å². The van der Waals surface area contributed by atoms with Gasteiger partial charge in [0.15, 0.2) is 6.17 Å².